The summed E-state index contributed by atoms with van der Waals surface area (Å²) in [5.74, 6) is 0.539. The van der Waals surface area contributed by atoms with Crippen LogP contribution in [0.1, 0.15) is 11.1 Å². The Bertz CT molecular complexity index is 679. The van der Waals surface area contributed by atoms with Crippen molar-refractivity contribution in [3.63, 3.8) is 0 Å². The minimum atomic E-state index is -0.302. The van der Waals surface area contributed by atoms with Crippen LogP contribution in [0.3, 0.4) is 0 Å². The molecule has 0 unspecified atom stereocenters. The Morgan fingerprint density at radius 2 is 2.16 bits per heavy atom. The number of rotatable bonds is 1. The standard InChI is InChI=1S/C13H15N5O/c14-10-3-1-2-8-6-18(5-4-9(8)10)12-11(15)13(19)17-7-16-12/h1-3,7H,4-6,14-15H2,(H,16,17,19). The summed E-state index contributed by atoms with van der Waals surface area (Å²) < 4.78 is 0. The van der Waals surface area contributed by atoms with Crippen LogP contribution < -0.4 is 21.9 Å². The molecule has 1 aliphatic heterocycles. The van der Waals surface area contributed by atoms with Gasteiger partial charge in [-0.25, -0.2) is 4.98 Å². The largest absolute Gasteiger partial charge is 0.398 e. The molecule has 1 aliphatic rings. The number of nitrogens with zero attached hydrogens (tertiary/aromatic N) is 2. The van der Waals surface area contributed by atoms with Crippen molar-refractivity contribution in [2.75, 3.05) is 22.9 Å². The first kappa shape index (κ1) is 11.6. The van der Waals surface area contributed by atoms with Crippen LogP contribution in [0, 0.1) is 0 Å². The predicted octanol–water partition coefficient (Wildman–Crippen LogP) is 0.497. The van der Waals surface area contributed by atoms with Crippen molar-refractivity contribution in [2.24, 2.45) is 0 Å². The van der Waals surface area contributed by atoms with Crippen molar-refractivity contribution in [3.05, 3.63) is 46.0 Å². The number of aromatic nitrogens is 2. The highest BCUT2D eigenvalue weighted by Gasteiger charge is 2.21. The van der Waals surface area contributed by atoms with Crippen molar-refractivity contribution in [3.8, 4) is 0 Å². The third-order valence-corrected chi connectivity index (χ3v) is 3.47. The second kappa shape index (κ2) is 4.31. The zero-order valence-electron chi connectivity index (χ0n) is 10.4. The van der Waals surface area contributed by atoms with Gasteiger partial charge < -0.3 is 21.4 Å². The van der Waals surface area contributed by atoms with E-state index in [1.165, 1.54) is 11.9 Å². The number of nitrogens with two attached hydrogens (primary N) is 2. The number of hydrogen-bond donors (Lipinski definition) is 3. The van der Waals surface area contributed by atoms with Crippen LogP contribution in [-0.4, -0.2) is 16.5 Å². The maximum atomic E-state index is 11.5. The van der Waals surface area contributed by atoms with Gasteiger partial charge in [0.15, 0.2) is 5.82 Å². The van der Waals surface area contributed by atoms with Gasteiger partial charge in [-0.3, -0.25) is 4.79 Å². The fraction of sp³-hybridized carbons (Fsp3) is 0.231. The first-order valence-electron chi connectivity index (χ1n) is 6.11. The summed E-state index contributed by atoms with van der Waals surface area (Å²) in [6.07, 6.45) is 2.21. The van der Waals surface area contributed by atoms with Crippen LogP contribution in [0.5, 0.6) is 0 Å². The van der Waals surface area contributed by atoms with Crippen LogP contribution >= 0.6 is 0 Å². The van der Waals surface area contributed by atoms with E-state index < -0.39 is 0 Å². The Labute approximate surface area is 110 Å². The smallest absolute Gasteiger partial charge is 0.276 e. The Morgan fingerprint density at radius 1 is 1.32 bits per heavy atom. The van der Waals surface area contributed by atoms with Crippen molar-refractivity contribution in [2.45, 2.75) is 13.0 Å². The second-order valence-electron chi connectivity index (χ2n) is 4.63. The summed E-state index contributed by atoms with van der Waals surface area (Å²) in [6.45, 7) is 1.42. The third-order valence-electron chi connectivity index (χ3n) is 3.47. The molecule has 0 aliphatic carbocycles. The lowest BCUT2D eigenvalue weighted by Crippen LogP contribution is -2.33. The Balaban J connectivity index is 1.98. The maximum Gasteiger partial charge on any atom is 0.276 e. The van der Waals surface area contributed by atoms with E-state index in [-0.39, 0.29) is 11.2 Å². The summed E-state index contributed by atoms with van der Waals surface area (Å²) in [5.41, 5.74) is 14.8. The van der Waals surface area contributed by atoms with Crippen LogP contribution in [0.15, 0.2) is 29.3 Å². The minimum Gasteiger partial charge on any atom is -0.398 e. The molecule has 3 rings (SSSR count). The second-order valence-corrected chi connectivity index (χ2v) is 4.63. The molecule has 0 saturated heterocycles. The molecule has 1 aromatic carbocycles. The van der Waals surface area contributed by atoms with Crippen LogP contribution in [0.25, 0.3) is 0 Å². The highest BCUT2D eigenvalue weighted by Crippen LogP contribution is 2.27. The fourth-order valence-corrected chi connectivity index (χ4v) is 2.47. The normalized spacial score (nSPS) is 14.2. The zero-order chi connectivity index (χ0) is 13.4. The van der Waals surface area contributed by atoms with Gasteiger partial charge in [0.1, 0.15) is 5.69 Å². The molecule has 0 atom stereocenters. The molecule has 5 N–H and O–H groups in total. The molecule has 2 aromatic rings. The minimum absolute atomic E-state index is 0.162. The lowest BCUT2D eigenvalue weighted by atomic mass is 9.98. The summed E-state index contributed by atoms with van der Waals surface area (Å²) in [5, 5.41) is 0. The van der Waals surface area contributed by atoms with Gasteiger partial charge in [-0.05, 0) is 23.6 Å². The van der Waals surface area contributed by atoms with E-state index in [1.54, 1.807) is 0 Å². The van der Waals surface area contributed by atoms with E-state index in [4.69, 9.17) is 11.5 Å². The highest BCUT2D eigenvalue weighted by atomic mass is 16.1. The molecule has 6 nitrogen and oxygen atoms in total. The molecular formula is C13H15N5O. The first-order chi connectivity index (χ1) is 9.16. The monoisotopic (exact) mass is 257 g/mol. The number of fused-ring (bicyclic) bond motifs is 1. The summed E-state index contributed by atoms with van der Waals surface area (Å²) in [6, 6.07) is 5.89. The molecule has 1 aromatic heterocycles. The molecule has 0 spiro atoms. The van der Waals surface area contributed by atoms with E-state index in [0.29, 0.717) is 12.4 Å². The Hall–Kier alpha value is -2.50. The lowest BCUT2D eigenvalue weighted by molar-refractivity contribution is 0.721. The molecule has 0 saturated carbocycles. The number of nitrogens with one attached hydrogen (secondary N) is 1. The molecule has 0 amide bonds. The van der Waals surface area contributed by atoms with Crippen LogP contribution in [-0.2, 0) is 13.0 Å². The first-order valence-corrected chi connectivity index (χ1v) is 6.11. The Morgan fingerprint density at radius 3 is 3.00 bits per heavy atom. The SMILES string of the molecule is Nc1cccc2c1CCN(c1nc[nH]c(=O)c1N)C2. The molecule has 6 heteroatoms. The average molecular weight is 257 g/mol. The topological polar surface area (TPSA) is 101 Å². The molecule has 98 valence electrons. The molecular weight excluding hydrogens is 242 g/mol. The molecule has 2 heterocycles. The quantitative estimate of drug-likeness (QED) is 0.646. The number of benzene rings is 1. The van der Waals surface area contributed by atoms with Crippen molar-refractivity contribution < 1.29 is 0 Å². The molecule has 0 radical (unpaired) electrons. The third kappa shape index (κ3) is 1.91. The number of hydrogen-bond acceptors (Lipinski definition) is 5. The van der Waals surface area contributed by atoms with Crippen LogP contribution in [0.4, 0.5) is 17.2 Å². The summed E-state index contributed by atoms with van der Waals surface area (Å²) in [7, 11) is 0. The van der Waals surface area contributed by atoms with Gasteiger partial charge in [0.05, 0.1) is 6.33 Å². The number of nitrogen functional groups attached to an aromatic ring is 2. The van der Waals surface area contributed by atoms with Crippen molar-refractivity contribution in [1.82, 2.24) is 9.97 Å². The van der Waals surface area contributed by atoms with E-state index in [9.17, 15) is 4.79 Å². The molecule has 19 heavy (non-hydrogen) atoms. The maximum absolute atomic E-state index is 11.5. The lowest BCUT2D eigenvalue weighted by Gasteiger charge is -2.30. The molecule has 0 fully saturated rings. The van der Waals surface area contributed by atoms with Crippen molar-refractivity contribution >= 4 is 17.2 Å². The van der Waals surface area contributed by atoms with Gasteiger partial charge in [0.2, 0.25) is 0 Å². The van der Waals surface area contributed by atoms with Crippen molar-refractivity contribution in [1.29, 1.82) is 0 Å². The van der Waals surface area contributed by atoms with Gasteiger partial charge in [0.25, 0.3) is 5.56 Å². The molecule has 0 bridgehead atoms. The zero-order valence-corrected chi connectivity index (χ0v) is 10.4. The Kier molecular flexibility index (Phi) is 2.63. The fourth-order valence-electron chi connectivity index (χ4n) is 2.47. The van der Waals surface area contributed by atoms with Gasteiger partial charge in [-0.2, -0.15) is 0 Å². The van der Waals surface area contributed by atoms with Gasteiger partial charge in [0, 0.05) is 18.8 Å². The van der Waals surface area contributed by atoms with Gasteiger partial charge in [-0.15, -0.1) is 0 Å². The number of anilines is 3. The van der Waals surface area contributed by atoms with Crippen LogP contribution in [0.2, 0.25) is 0 Å². The number of H-pyrrole nitrogens is 1. The van der Waals surface area contributed by atoms with Gasteiger partial charge in [-0.1, -0.05) is 12.1 Å². The number of aromatic amines is 1. The van der Waals surface area contributed by atoms with Gasteiger partial charge >= 0.3 is 0 Å². The van der Waals surface area contributed by atoms with E-state index in [2.05, 4.69) is 9.97 Å². The van der Waals surface area contributed by atoms with E-state index in [0.717, 1.165) is 24.2 Å². The average Bonchev–Trinajstić information content (AvgIpc) is 2.42. The summed E-state index contributed by atoms with van der Waals surface area (Å²) in [4.78, 5) is 20.2. The summed E-state index contributed by atoms with van der Waals surface area (Å²) >= 11 is 0. The van der Waals surface area contributed by atoms with E-state index >= 15 is 0 Å². The highest BCUT2D eigenvalue weighted by molar-refractivity contribution is 5.63. The predicted molar refractivity (Wildman–Crippen MR) is 74.9 cm³/mol. The van der Waals surface area contributed by atoms with E-state index in [1.807, 2.05) is 23.1 Å².